The fraction of sp³-hybridized carbons (Fsp3) is 0.167. The van der Waals surface area contributed by atoms with Gasteiger partial charge in [-0.2, -0.15) is 0 Å². The Morgan fingerprint density at radius 2 is 1.39 bits per heavy atom. The maximum Gasteiger partial charge on any atom is 0.264 e. The molecule has 0 heterocycles. The van der Waals surface area contributed by atoms with E-state index in [-0.39, 0.29) is 24.0 Å². The molecule has 38 heavy (non-hydrogen) atoms. The van der Waals surface area contributed by atoms with Crippen molar-refractivity contribution in [1.29, 1.82) is 0 Å². The van der Waals surface area contributed by atoms with Gasteiger partial charge in [-0.3, -0.25) is 9.10 Å². The summed E-state index contributed by atoms with van der Waals surface area (Å²) in [4.78, 5) is 12.5. The summed E-state index contributed by atoms with van der Waals surface area (Å²) in [6, 6.07) is 29.9. The van der Waals surface area contributed by atoms with Gasteiger partial charge in [0.25, 0.3) is 15.9 Å². The average molecular weight is 531 g/mol. The van der Waals surface area contributed by atoms with Crippen molar-refractivity contribution in [2.75, 3.05) is 22.8 Å². The van der Waals surface area contributed by atoms with Crippen LogP contribution in [0.15, 0.2) is 108 Å². The third-order valence-electron chi connectivity index (χ3n) is 5.72. The molecule has 7 nitrogen and oxygen atoms in total. The quantitative estimate of drug-likeness (QED) is 0.265. The Kier molecular flexibility index (Phi) is 8.66. The first-order valence-electron chi connectivity index (χ1n) is 12.2. The van der Waals surface area contributed by atoms with Gasteiger partial charge >= 0.3 is 0 Å². The largest absolute Gasteiger partial charge is 0.494 e. The first-order valence-corrected chi connectivity index (χ1v) is 13.7. The monoisotopic (exact) mass is 530 g/mol. The van der Waals surface area contributed by atoms with Crippen molar-refractivity contribution in [3.05, 3.63) is 114 Å². The highest BCUT2D eigenvalue weighted by Gasteiger charge is 2.25. The Bertz CT molecular complexity index is 1440. The smallest absolute Gasteiger partial charge is 0.264 e. The molecular formula is C30H30N2O5S. The van der Waals surface area contributed by atoms with Gasteiger partial charge in [0.05, 0.1) is 23.7 Å². The third-order valence-corrected chi connectivity index (χ3v) is 7.51. The molecule has 196 valence electrons. The standard InChI is InChI=1S/C30H30N2O5S/c1-3-36-27-15-11-25(12-16-27)31-30(33)22-37-28-17-13-26(14-18-28)32(21-24-7-5-4-6-8-24)38(34,35)29-19-9-23(2)10-20-29/h4-20H,3,21-22H2,1-2H3,(H,31,33). The second-order valence-corrected chi connectivity index (χ2v) is 10.5. The molecule has 0 aromatic heterocycles. The molecule has 0 radical (unpaired) electrons. The molecule has 0 aliphatic rings. The maximum absolute atomic E-state index is 13.6. The van der Waals surface area contributed by atoms with E-state index in [0.717, 1.165) is 16.9 Å². The van der Waals surface area contributed by atoms with E-state index in [1.54, 1.807) is 72.8 Å². The van der Waals surface area contributed by atoms with Crippen molar-refractivity contribution in [1.82, 2.24) is 0 Å². The van der Waals surface area contributed by atoms with Crippen molar-refractivity contribution < 1.29 is 22.7 Å². The van der Waals surface area contributed by atoms with E-state index in [1.165, 1.54) is 4.31 Å². The van der Waals surface area contributed by atoms with E-state index >= 15 is 0 Å². The summed E-state index contributed by atoms with van der Waals surface area (Å²) in [5.74, 6) is 0.862. The van der Waals surface area contributed by atoms with Crippen molar-refractivity contribution >= 4 is 27.3 Å². The van der Waals surface area contributed by atoms with Crippen LogP contribution in [0.5, 0.6) is 11.5 Å². The van der Waals surface area contributed by atoms with Gasteiger partial charge in [-0.05, 0) is 80.1 Å². The number of nitrogens with zero attached hydrogens (tertiary/aromatic N) is 1. The molecular weight excluding hydrogens is 500 g/mol. The molecule has 0 bridgehead atoms. The zero-order chi connectivity index (χ0) is 27.0. The van der Waals surface area contributed by atoms with Gasteiger partial charge in [0.2, 0.25) is 0 Å². The number of nitrogens with one attached hydrogen (secondary N) is 1. The average Bonchev–Trinajstić information content (AvgIpc) is 2.93. The van der Waals surface area contributed by atoms with E-state index in [1.807, 2.05) is 44.2 Å². The molecule has 4 aromatic carbocycles. The first-order chi connectivity index (χ1) is 18.3. The number of hydrogen-bond acceptors (Lipinski definition) is 5. The summed E-state index contributed by atoms with van der Waals surface area (Å²) in [6.45, 7) is 4.36. The number of benzene rings is 4. The van der Waals surface area contributed by atoms with Gasteiger partial charge in [0.1, 0.15) is 11.5 Å². The summed E-state index contributed by atoms with van der Waals surface area (Å²) < 4.78 is 39.6. The van der Waals surface area contributed by atoms with Gasteiger partial charge in [-0.25, -0.2) is 8.42 Å². The van der Waals surface area contributed by atoms with Crippen LogP contribution in [0.4, 0.5) is 11.4 Å². The molecule has 4 rings (SSSR count). The molecule has 0 atom stereocenters. The summed E-state index contributed by atoms with van der Waals surface area (Å²) >= 11 is 0. The second-order valence-electron chi connectivity index (χ2n) is 8.60. The number of ether oxygens (including phenoxy) is 2. The number of hydrogen-bond donors (Lipinski definition) is 1. The Morgan fingerprint density at radius 1 is 0.789 bits per heavy atom. The van der Waals surface area contributed by atoms with Crippen molar-refractivity contribution in [2.45, 2.75) is 25.3 Å². The minimum atomic E-state index is -3.83. The van der Waals surface area contributed by atoms with E-state index in [2.05, 4.69) is 5.32 Å². The second kappa shape index (κ2) is 12.3. The van der Waals surface area contributed by atoms with Crippen molar-refractivity contribution in [2.24, 2.45) is 0 Å². The molecule has 8 heteroatoms. The number of sulfonamides is 1. The first kappa shape index (κ1) is 26.8. The lowest BCUT2D eigenvalue weighted by atomic mass is 10.2. The van der Waals surface area contributed by atoms with Gasteiger partial charge < -0.3 is 14.8 Å². The molecule has 1 N–H and O–H groups in total. The molecule has 4 aromatic rings. The van der Waals surface area contributed by atoms with Crippen LogP contribution in [0.1, 0.15) is 18.1 Å². The van der Waals surface area contributed by atoms with Crippen LogP contribution >= 0.6 is 0 Å². The summed E-state index contributed by atoms with van der Waals surface area (Å²) in [5, 5.41) is 2.77. The predicted octanol–water partition coefficient (Wildman–Crippen LogP) is 5.81. The van der Waals surface area contributed by atoms with Gasteiger partial charge in [-0.1, -0.05) is 48.0 Å². The minimum Gasteiger partial charge on any atom is -0.494 e. The lowest BCUT2D eigenvalue weighted by Gasteiger charge is -2.25. The SMILES string of the molecule is CCOc1ccc(NC(=O)COc2ccc(N(Cc3ccccc3)S(=O)(=O)c3ccc(C)cc3)cc2)cc1. The van der Waals surface area contributed by atoms with Crippen LogP contribution in [0.3, 0.4) is 0 Å². The molecule has 0 fully saturated rings. The lowest BCUT2D eigenvalue weighted by molar-refractivity contribution is -0.118. The van der Waals surface area contributed by atoms with E-state index in [0.29, 0.717) is 23.7 Å². The van der Waals surface area contributed by atoms with Gasteiger partial charge in [0.15, 0.2) is 6.61 Å². The normalized spacial score (nSPS) is 11.0. The minimum absolute atomic E-state index is 0.168. The van der Waals surface area contributed by atoms with Crippen LogP contribution in [0.25, 0.3) is 0 Å². The predicted molar refractivity (Wildman–Crippen MR) is 149 cm³/mol. The number of carbonyl (C=O) groups excluding carboxylic acids is 1. The summed E-state index contributed by atoms with van der Waals surface area (Å²) in [6.07, 6.45) is 0. The maximum atomic E-state index is 13.6. The Morgan fingerprint density at radius 3 is 2.03 bits per heavy atom. The highest BCUT2D eigenvalue weighted by atomic mass is 32.2. The number of amides is 1. The van der Waals surface area contributed by atoms with Crippen LogP contribution in [-0.4, -0.2) is 27.5 Å². The van der Waals surface area contributed by atoms with Crippen LogP contribution in [0.2, 0.25) is 0 Å². The summed E-state index contributed by atoms with van der Waals surface area (Å²) in [7, 11) is -3.83. The fourth-order valence-corrected chi connectivity index (χ4v) is 5.21. The lowest BCUT2D eigenvalue weighted by Crippen LogP contribution is -2.30. The molecule has 0 aliphatic carbocycles. The van der Waals surface area contributed by atoms with Crippen LogP contribution < -0.4 is 19.1 Å². The number of anilines is 2. The van der Waals surface area contributed by atoms with Crippen molar-refractivity contribution in [3.63, 3.8) is 0 Å². The van der Waals surface area contributed by atoms with Gasteiger partial charge in [0, 0.05) is 5.69 Å². The number of rotatable bonds is 11. The van der Waals surface area contributed by atoms with E-state index < -0.39 is 10.0 Å². The van der Waals surface area contributed by atoms with E-state index in [4.69, 9.17) is 9.47 Å². The third kappa shape index (κ3) is 6.92. The molecule has 0 unspecified atom stereocenters. The van der Waals surface area contributed by atoms with Crippen LogP contribution in [-0.2, 0) is 21.4 Å². The molecule has 0 saturated heterocycles. The molecule has 0 spiro atoms. The van der Waals surface area contributed by atoms with Gasteiger partial charge in [-0.15, -0.1) is 0 Å². The highest BCUT2D eigenvalue weighted by Crippen LogP contribution is 2.28. The molecule has 1 amide bonds. The highest BCUT2D eigenvalue weighted by molar-refractivity contribution is 7.92. The topological polar surface area (TPSA) is 84.9 Å². The Balaban J connectivity index is 1.46. The Labute approximate surface area is 223 Å². The van der Waals surface area contributed by atoms with E-state index in [9.17, 15) is 13.2 Å². The van der Waals surface area contributed by atoms with Crippen LogP contribution in [0, 0.1) is 6.92 Å². The Hall–Kier alpha value is -4.30. The molecule has 0 aliphatic heterocycles. The number of carbonyl (C=O) groups is 1. The fourth-order valence-electron chi connectivity index (χ4n) is 3.76. The van der Waals surface area contributed by atoms with Crippen molar-refractivity contribution in [3.8, 4) is 11.5 Å². The summed E-state index contributed by atoms with van der Waals surface area (Å²) in [5.41, 5.74) is 2.96. The molecule has 0 saturated carbocycles. The number of aryl methyl sites for hydroxylation is 1. The zero-order valence-electron chi connectivity index (χ0n) is 21.3. The zero-order valence-corrected chi connectivity index (χ0v) is 22.1.